The van der Waals surface area contributed by atoms with E-state index in [1.54, 1.807) is 18.2 Å². The van der Waals surface area contributed by atoms with Gasteiger partial charge in [-0.3, -0.25) is 0 Å². The Morgan fingerprint density at radius 1 is 0.386 bits per heavy atom. The third-order valence-electron chi connectivity index (χ3n) is 8.69. The molecule has 10 aromatic rings. The highest BCUT2D eigenvalue weighted by Crippen LogP contribution is 2.46. The third-order valence-corrected chi connectivity index (χ3v) is 8.69. The van der Waals surface area contributed by atoms with Crippen LogP contribution in [-0.2, 0) is 0 Å². The Hall–Kier alpha value is -5.86. The summed E-state index contributed by atoms with van der Waals surface area (Å²) in [6, 6.07) is 27.4. The van der Waals surface area contributed by atoms with E-state index < -0.39 is 24.2 Å². The van der Waals surface area contributed by atoms with Gasteiger partial charge in [0.1, 0.15) is 22.3 Å². The lowest BCUT2D eigenvalue weighted by molar-refractivity contribution is 0.668. The van der Waals surface area contributed by atoms with Crippen molar-refractivity contribution in [2.45, 2.75) is 0 Å². The van der Waals surface area contributed by atoms with Crippen molar-refractivity contribution in [1.82, 2.24) is 0 Å². The average Bonchev–Trinajstić information content (AvgIpc) is 3.74. The normalized spacial score (nSPS) is 14.6. The second kappa shape index (κ2) is 8.82. The number of fused-ring (bicyclic) bond motifs is 10. The lowest BCUT2D eigenvalue weighted by Gasteiger charge is -2.17. The largest absolute Gasteiger partial charge is 0.456 e. The molecule has 8 aromatic carbocycles. The summed E-state index contributed by atoms with van der Waals surface area (Å²) in [6.07, 6.45) is 0. The Bertz CT molecular complexity index is 3150. The van der Waals surface area contributed by atoms with Gasteiger partial charge in [0.2, 0.25) is 0 Å². The van der Waals surface area contributed by atoms with Gasteiger partial charge in [0.15, 0.2) is 0 Å². The maximum atomic E-state index is 9.30. The van der Waals surface area contributed by atoms with Gasteiger partial charge < -0.3 is 8.83 Å². The average molecular weight is 569 g/mol. The van der Waals surface area contributed by atoms with Crippen LogP contribution in [0.15, 0.2) is 154 Å². The fourth-order valence-electron chi connectivity index (χ4n) is 6.79. The van der Waals surface area contributed by atoms with E-state index in [-0.39, 0.29) is 56.8 Å². The van der Waals surface area contributed by atoms with Crippen molar-refractivity contribution in [1.29, 1.82) is 0 Å². The van der Waals surface area contributed by atoms with Crippen molar-refractivity contribution < 1.29 is 19.8 Å². The summed E-state index contributed by atoms with van der Waals surface area (Å²) in [5.41, 5.74) is 4.09. The highest BCUT2D eigenvalue weighted by atomic mass is 16.3. The van der Waals surface area contributed by atoms with E-state index in [4.69, 9.17) is 14.3 Å². The summed E-state index contributed by atoms with van der Waals surface area (Å²) in [5.74, 6) is 0. The van der Waals surface area contributed by atoms with Crippen LogP contribution < -0.4 is 0 Å². The predicted octanol–water partition coefficient (Wildman–Crippen LogP) is 12.3. The molecule has 0 aliphatic carbocycles. The number of furan rings is 2. The number of hydrogen-bond acceptors (Lipinski definition) is 2. The molecule has 0 saturated carbocycles. The van der Waals surface area contributed by atoms with Gasteiger partial charge in [0.05, 0.1) is 11.0 Å². The van der Waals surface area contributed by atoms with Crippen molar-refractivity contribution in [3.05, 3.63) is 145 Å². The Balaban J connectivity index is 1.41. The maximum absolute atomic E-state index is 9.30. The molecule has 44 heavy (non-hydrogen) atoms. The van der Waals surface area contributed by atoms with Gasteiger partial charge in [-0.2, -0.15) is 0 Å². The van der Waals surface area contributed by atoms with E-state index in [9.17, 15) is 5.48 Å². The first-order chi connectivity index (χ1) is 25.1. The Labute approximate surface area is 263 Å². The van der Waals surface area contributed by atoms with Crippen molar-refractivity contribution in [3.63, 3.8) is 0 Å². The zero-order chi connectivity index (χ0) is 35.7. The minimum Gasteiger partial charge on any atom is -0.456 e. The van der Waals surface area contributed by atoms with Crippen LogP contribution in [0.3, 0.4) is 0 Å². The first kappa shape index (κ1) is 17.3. The monoisotopic (exact) mass is 568 g/mol. The molecule has 0 N–H and O–H groups in total. The van der Waals surface area contributed by atoms with Crippen LogP contribution in [0.4, 0.5) is 0 Å². The van der Waals surface area contributed by atoms with Gasteiger partial charge in [-0.1, -0.05) is 109 Å². The quantitative estimate of drug-likeness (QED) is 0.194. The molecule has 204 valence electrons. The molecule has 0 spiro atoms. The maximum Gasteiger partial charge on any atom is 0.136 e. The molecule has 2 aromatic heterocycles. The van der Waals surface area contributed by atoms with Gasteiger partial charge in [-0.25, -0.2) is 0 Å². The van der Waals surface area contributed by atoms with Crippen LogP contribution in [-0.4, -0.2) is 0 Å². The fourth-order valence-corrected chi connectivity index (χ4v) is 6.79. The lowest BCUT2D eigenvalue weighted by atomic mass is 9.85. The molecule has 0 amide bonds. The van der Waals surface area contributed by atoms with Crippen molar-refractivity contribution in [2.24, 2.45) is 0 Å². The van der Waals surface area contributed by atoms with Crippen LogP contribution in [0.2, 0.25) is 0 Å². The molecule has 2 heterocycles. The zero-order valence-corrected chi connectivity index (χ0v) is 23.1. The highest BCUT2D eigenvalue weighted by Gasteiger charge is 2.19. The van der Waals surface area contributed by atoms with Crippen LogP contribution in [0.1, 0.15) is 11.0 Å². The molecule has 0 fully saturated rings. The Kier molecular flexibility index (Phi) is 3.47. The molecule has 0 aliphatic rings. The second-order valence-corrected chi connectivity index (χ2v) is 11.0. The van der Waals surface area contributed by atoms with Gasteiger partial charge >= 0.3 is 0 Å². The first-order valence-electron chi connectivity index (χ1n) is 18.4. The molecule has 2 nitrogen and oxygen atoms in total. The second-order valence-electron chi connectivity index (χ2n) is 11.0. The molecule has 10 rings (SSSR count). The molecule has 0 atom stereocenters. The molecule has 0 unspecified atom stereocenters. The summed E-state index contributed by atoms with van der Waals surface area (Å²) in [7, 11) is 0. The van der Waals surface area contributed by atoms with E-state index in [2.05, 4.69) is 0 Å². The van der Waals surface area contributed by atoms with E-state index in [1.807, 2.05) is 78.9 Å². The predicted molar refractivity (Wildman–Crippen MR) is 184 cm³/mol. The number of hydrogen-bond donors (Lipinski definition) is 0. The van der Waals surface area contributed by atoms with Crippen molar-refractivity contribution >= 4 is 76.2 Å². The minimum absolute atomic E-state index is 0.150. The van der Waals surface area contributed by atoms with Gasteiger partial charge in [0.25, 0.3) is 0 Å². The lowest BCUT2D eigenvalue weighted by Crippen LogP contribution is -1.90. The number of benzene rings is 8. The van der Waals surface area contributed by atoms with E-state index >= 15 is 0 Å². The molecule has 2 heteroatoms. The Morgan fingerprint density at radius 2 is 0.955 bits per heavy atom. The van der Waals surface area contributed by atoms with E-state index in [0.717, 1.165) is 32.3 Å². The smallest absolute Gasteiger partial charge is 0.136 e. The van der Waals surface area contributed by atoms with Crippen LogP contribution in [0.25, 0.3) is 98.4 Å². The highest BCUT2D eigenvalue weighted by molar-refractivity contribution is 6.24. The van der Waals surface area contributed by atoms with Gasteiger partial charge in [-0.15, -0.1) is 0 Å². The molecule has 0 aliphatic heterocycles. The van der Waals surface area contributed by atoms with E-state index in [0.29, 0.717) is 33.5 Å². The van der Waals surface area contributed by atoms with Gasteiger partial charge in [0, 0.05) is 21.5 Å². The number of para-hydroxylation sites is 1. The zero-order valence-electron chi connectivity index (χ0n) is 31.1. The Morgan fingerprint density at radius 3 is 1.70 bits per heavy atom. The third kappa shape index (κ3) is 3.25. The molecule has 0 saturated heterocycles. The number of rotatable bonds is 2. The standard InChI is InChI=1S/C42H24O2/c1-2-10-28-25(9-1)18-22-38-42(28)34-20-17-27(24-39(34)44-38)41-32-14-5-3-12-30(32)40(31-13-4-6-15-33(31)41)26-19-21-37-35(23-26)29-11-7-8-16-36(29)43-37/h1-24H/i3D,4D,5D,6D,12D,13D,14D,15D. The molecular weight excluding hydrogens is 536 g/mol. The van der Waals surface area contributed by atoms with E-state index in [1.165, 1.54) is 0 Å². The van der Waals surface area contributed by atoms with Gasteiger partial charge in [-0.05, 0) is 91.0 Å². The van der Waals surface area contributed by atoms with Crippen LogP contribution in [0.5, 0.6) is 0 Å². The van der Waals surface area contributed by atoms with Crippen LogP contribution in [0, 0.1) is 0 Å². The molecule has 0 radical (unpaired) electrons. The SMILES string of the molecule is [2H]c1c([2H])c([2H])c2c(-c3ccc4oc5ccccc5c4c3)c3c([2H])c([2H])c([2H])c([2H])c3c(-c3ccc4c(c3)oc3ccc5ccccc5c34)c2c1[2H]. The van der Waals surface area contributed by atoms with Crippen molar-refractivity contribution in [2.75, 3.05) is 0 Å². The topological polar surface area (TPSA) is 26.3 Å². The summed E-state index contributed by atoms with van der Waals surface area (Å²) in [5, 5.41) is 6.10. The summed E-state index contributed by atoms with van der Waals surface area (Å²) in [4.78, 5) is 0. The summed E-state index contributed by atoms with van der Waals surface area (Å²) >= 11 is 0. The van der Waals surface area contributed by atoms with Crippen LogP contribution >= 0.6 is 0 Å². The summed E-state index contributed by atoms with van der Waals surface area (Å²) in [6.45, 7) is 0. The molecular formula is C42H24O2. The molecule has 0 bridgehead atoms. The minimum atomic E-state index is -0.447. The first-order valence-corrected chi connectivity index (χ1v) is 14.4. The fraction of sp³-hybridized carbons (Fsp3) is 0. The van der Waals surface area contributed by atoms with Crippen molar-refractivity contribution in [3.8, 4) is 22.3 Å². The summed E-state index contributed by atoms with van der Waals surface area (Å²) < 4.78 is 84.7.